The zero-order chi connectivity index (χ0) is 7.56. The Morgan fingerprint density at radius 3 is 2.90 bits per heavy atom. The van der Waals surface area contributed by atoms with Crippen molar-refractivity contribution < 1.29 is 0 Å². The monoisotopic (exact) mass is 130 g/mol. The number of nitrogens with zero attached hydrogens (tertiary/aromatic N) is 2. The van der Waals surface area contributed by atoms with Crippen molar-refractivity contribution in [3.63, 3.8) is 0 Å². The van der Waals surface area contributed by atoms with E-state index in [1.807, 2.05) is 6.82 Å². The van der Waals surface area contributed by atoms with Gasteiger partial charge in [-0.15, -0.1) is 0 Å². The van der Waals surface area contributed by atoms with Gasteiger partial charge in [0.05, 0.1) is 0 Å². The molecule has 1 heterocycles. The van der Waals surface area contributed by atoms with Crippen molar-refractivity contribution in [2.75, 3.05) is 5.73 Å². The summed E-state index contributed by atoms with van der Waals surface area (Å²) in [6.45, 7) is 1.83. The fraction of sp³-hybridized carbons (Fsp3) is 0.200. The van der Waals surface area contributed by atoms with Crippen molar-refractivity contribution in [3.05, 3.63) is 6.20 Å². The average Bonchev–Trinajstić information content (AvgIpc) is 1.94. The molecule has 1 aromatic rings. The van der Waals surface area contributed by atoms with Crippen molar-refractivity contribution in [1.29, 1.82) is 0 Å². The first-order chi connectivity index (χ1) is 4.74. The van der Waals surface area contributed by atoms with Gasteiger partial charge in [-0.05, 0) is 0 Å². The number of rotatable bonds is 1. The quantitative estimate of drug-likeness (QED) is 0.457. The van der Waals surface area contributed by atoms with Gasteiger partial charge < -0.3 is 5.73 Å². The predicted octanol–water partition coefficient (Wildman–Crippen LogP) is -1.77. The number of nitrogen functional groups attached to an aromatic ring is 1. The molecule has 0 aliphatic heterocycles. The molecule has 0 unspecified atom stereocenters. The van der Waals surface area contributed by atoms with Crippen LogP contribution in [0.15, 0.2) is 6.20 Å². The maximum atomic E-state index is 5.44. The topological polar surface area (TPSA) is 51.8 Å². The van der Waals surface area contributed by atoms with E-state index in [0.29, 0.717) is 17.0 Å². The van der Waals surface area contributed by atoms with Crippen molar-refractivity contribution in [2.24, 2.45) is 0 Å². The van der Waals surface area contributed by atoms with E-state index >= 15 is 0 Å². The summed E-state index contributed by atoms with van der Waals surface area (Å²) < 4.78 is 0. The minimum Gasteiger partial charge on any atom is -0.383 e. The van der Waals surface area contributed by atoms with Gasteiger partial charge in [-0.2, -0.15) is 0 Å². The van der Waals surface area contributed by atoms with E-state index in [4.69, 9.17) is 13.6 Å². The maximum Gasteiger partial charge on any atom is 0.179 e. The summed E-state index contributed by atoms with van der Waals surface area (Å²) in [5.74, 6) is 0.414. The summed E-state index contributed by atoms with van der Waals surface area (Å²) in [6.07, 6.45) is 1.43. The van der Waals surface area contributed by atoms with Gasteiger partial charge in [0.15, 0.2) is 7.28 Å². The molecular weight excluding hydrogens is 124 g/mol. The van der Waals surface area contributed by atoms with Gasteiger partial charge in [0, 0.05) is 17.4 Å². The fourth-order valence-corrected chi connectivity index (χ4v) is 0.639. The third kappa shape index (κ3) is 1.29. The lowest BCUT2D eigenvalue weighted by Gasteiger charge is -1.99. The summed E-state index contributed by atoms with van der Waals surface area (Å²) in [5.41, 5.74) is 6.47. The zero-order valence-corrected chi connectivity index (χ0v) is 5.70. The summed E-state index contributed by atoms with van der Waals surface area (Å²) in [4.78, 5) is 7.73. The molecule has 3 nitrogen and oxygen atoms in total. The number of aromatic nitrogens is 2. The molecule has 0 spiro atoms. The third-order valence-corrected chi connectivity index (χ3v) is 1.12. The minimum absolute atomic E-state index is 0.391. The van der Waals surface area contributed by atoms with Gasteiger partial charge in [0.1, 0.15) is 13.7 Å². The Labute approximate surface area is 61.7 Å². The molecule has 0 aliphatic carbocycles. The standard InChI is InChI=1S/C5H6B2N3/c1-7-4-5(8)9-2-3(6)10-4/h2H,1H3,(H2,8,9). The molecule has 10 heavy (non-hydrogen) atoms. The van der Waals surface area contributed by atoms with Gasteiger partial charge in [0.2, 0.25) is 0 Å². The first-order valence-corrected chi connectivity index (χ1v) is 2.91. The number of hydrogen-bond acceptors (Lipinski definition) is 3. The predicted molar refractivity (Wildman–Crippen MR) is 43.1 cm³/mol. The van der Waals surface area contributed by atoms with Crippen LogP contribution in [0.3, 0.4) is 0 Å². The normalized spacial score (nSPS) is 9.30. The van der Waals surface area contributed by atoms with Crippen LogP contribution in [0.2, 0.25) is 6.82 Å². The molecule has 2 N–H and O–H groups in total. The second-order valence-electron chi connectivity index (χ2n) is 1.85. The first kappa shape index (κ1) is 7.12. The molecule has 1 aromatic heterocycles. The number of nitrogens with two attached hydrogens (primary N) is 1. The largest absolute Gasteiger partial charge is 0.383 e. The van der Waals surface area contributed by atoms with Crippen LogP contribution >= 0.6 is 0 Å². The molecule has 5 heteroatoms. The molecular formula is C5H6B2N3. The molecule has 0 saturated heterocycles. The molecule has 0 bridgehead atoms. The highest BCUT2D eigenvalue weighted by Gasteiger charge is 1.98. The second kappa shape index (κ2) is 2.73. The molecule has 0 fully saturated rings. The summed E-state index contributed by atoms with van der Waals surface area (Å²) >= 11 is 0. The van der Waals surface area contributed by atoms with E-state index in [2.05, 4.69) is 9.97 Å². The van der Waals surface area contributed by atoms with Crippen LogP contribution in [-0.2, 0) is 0 Å². The second-order valence-corrected chi connectivity index (χ2v) is 1.85. The molecule has 0 amide bonds. The average molecular weight is 130 g/mol. The lowest BCUT2D eigenvalue weighted by atomic mass is 9.77. The highest BCUT2D eigenvalue weighted by atomic mass is 14.9. The number of hydrogen-bond donors (Lipinski definition) is 1. The Balaban J connectivity index is 3.09. The fourth-order valence-electron chi connectivity index (χ4n) is 0.639. The molecule has 3 radical (unpaired) electrons. The Morgan fingerprint density at radius 1 is 1.70 bits per heavy atom. The van der Waals surface area contributed by atoms with Gasteiger partial charge >= 0.3 is 0 Å². The highest BCUT2D eigenvalue weighted by Crippen LogP contribution is 1.82. The Morgan fingerprint density at radius 2 is 2.40 bits per heavy atom. The number of anilines is 1. The zero-order valence-electron chi connectivity index (χ0n) is 5.70. The van der Waals surface area contributed by atoms with Gasteiger partial charge in [-0.25, -0.2) is 4.98 Å². The molecule has 1 rings (SSSR count). The van der Waals surface area contributed by atoms with Crippen LogP contribution in [-0.4, -0.2) is 25.1 Å². The lowest BCUT2D eigenvalue weighted by molar-refractivity contribution is 1.29. The van der Waals surface area contributed by atoms with Crippen LogP contribution in [0.1, 0.15) is 0 Å². The van der Waals surface area contributed by atoms with E-state index in [-0.39, 0.29) is 0 Å². The van der Waals surface area contributed by atoms with Crippen molar-refractivity contribution in [1.82, 2.24) is 9.97 Å². The van der Waals surface area contributed by atoms with E-state index in [9.17, 15) is 0 Å². The maximum absolute atomic E-state index is 5.44. The molecule has 47 valence electrons. The van der Waals surface area contributed by atoms with Crippen LogP contribution in [0.4, 0.5) is 5.82 Å². The van der Waals surface area contributed by atoms with Crippen LogP contribution in [0, 0.1) is 0 Å². The van der Waals surface area contributed by atoms with E-state index in [1.165, 1.54) is 6.20 Å². The highest BCUT2D eigenvalue weighted by molar-refractivity contribution is 6.53. The van der Waals surface area contributed by atoms with Crippen molar-refractivity contribution >= 4 is 32.1 Å². The third-order valence-electron chi connectivity index (χ3n) is 1.12. The van der Waals surface area contributed by atoms with E-state index in [0.717, 1.165) is 0 Å². The van der Waals surface area contributed by atoms with Crippen molar-refractivity contribution in [2.45, 2.75) is 6.82 Å². The van der Waals surface area contributed by atoms with E-state index < -0.39 is 0 Å². The molecule has 0 aromatic carbocycles. The Hall–Kier alpha value is -0.990. The summed E-state index contributed by atoms with van der Waals surface area (Å²) in [6, 6.07) is 0. The molecule has 0 saturated carbocycles. The van der Waals surface area contributed by atoms with Crippen LogP contribution in [0.5, 0.6) is 0 Å². The first-order valence-electron chi connectivity index (χ1n) is 2.91. The SMILES string of the molecule is [B]c1cnc(N)c([B]C)n1. The van der Waals surface area contributed by atoms with Crippen LogP contribution in [0.25, 0.3) is 0 Å². The van der Waals surface area contributed by atoms with Gasteiger partial charge in [0.25, 0.3) is 0 Å². The van der Waals surface area contributed by atoms with Gasteiger partial charge in [-0.1, -0.05) is 6.82 Å². The van der Waals surface area contributed by atoms with E-state index in [1.54, 1.807) is 7.28 Å². The summed E-state index contributed by atoms with van der Waals surface area (Å²) in [5, 5.41) is 0. The lowest BCUT2D eigenvalue weighted by Crippen LogP contribution is -2.28. The minimum atomic E-state index is 0.391. The summed E-state index contributed by atoms with van der Waals surface area (Å²) in [7, 11) is 7.12. The van der Waals surface area contributed by atoms with Gasteiger partial charge in [-0.3, -0.25) is 4.98 Å². The Bertz CT molecular complexity index is 238. The Kier molecular flexibility index (Phi) is 1.94. The molecule has 0 atom stereocenters. The van der Waals surface area contributed by atoms with Crippen LogP contribution < -0.4 is 16.9 Å². The molecule has 0 aliphatic rings. The smallest absolute Gasteiger partial charge is 0.179 e. The van der Waals surface area contributed by atoms with Crippen molar-refractivity contribution in [3.8, 4) is 0 Å².